The highest BCUT2D eigenvalue weighted by atomic mass is 19.1. The van der Waals surface area contributed by atoms with Gasteiger partial charge in [-0.1, -0.05) is 32.0 Å². The molecule has 0 radical (unpaired) electrons. The van der Waals surface area contributed by atoms with Crippen LogP contribution in [0.1, 0.15) is 51.1 Å². The Bertz CT molecular complexity index is 1410. The van der Waals surface area contributed by atoms with Gasteiger partial charge in [-0.15, -0.1) is 5.10 Å². The summed E-state index contributed by atoms with van der Waals surface area (Å²) in [5.74, 6) is 1.78. The number of pyridine rings is 1. The van der Waals surface area contributed by atoms with Crippen LogP contribution in [0, 0.1) is 11.7 Å². The first kappa shape index (κ1) is 23.9. The summed E-state index contributed by atoms with van der Waals surface area (Å²) in [5, 5.41) is 15.8. The number of halogens is 1. The molecule has 0 amide bonds. The molecular formula is C29H33FN6O. The van der Waals surface area contributed by atoms with E-state index in [0.717, 1.165) is 79.6 Å². The van der Waals surface area contributed by atoms with Gasteiger partial charge in [-0.25, -0.2) is 18.9 Å². The summed E-state index contributed by atoms with van der Waals surface area (Å²) in [6, 6.07) is 17.0. The molecule has 5 heterocycles. The highest BCUT2D eigenvalue weighted by Crippen LogP contribution is 2.36. The number of hydrogen-bond donors (Lipinski definition) is 1. The number of rotatable bonds is 5. The number of aliphatic hydroxyl groups is 1. The lowest BCUT2D eigenvalue weighted by atomic mass is 9.81. The summed E-state index contributed by atoms with van der Waals surface area (Å²) in [7, 11) is 0. The molecule has 2 aliphatic rings. The van der Waals surface area contributed by atoms with Crippen LogP contribution in [0.25, 0.3) is 17.0 Å². The van der Waals surface area contributed by atoms with E-state index in [2.05, 4.69) is 28.6 Å². The molecule has 7 nitrogen and oxygen atoms in total. The average molecular weight is 501 g/mol. The summed E-state index contributed by atoms with van der Waals surface area (Å²) in [6.45, 7) is 6.59. The highest BCUT2D eigenvalue weighted by Gasteiger charge is 2.35. The monoisotopic (exact) mass is 500 g/mol. The fourth-order valence-electron chi connectivity index (χ4n) is 5.74. The van der Waals surface area contributed by atoms with E-state index in [1.54, 1.807) is 12.1 Å². The van der Waals surface area contributed by atoms with Gasteiger partial charge in [0.25, 0.3) is 0 Å². The number of piperidine rings is 1. The molecule has 1 aromatic carbocycles. The van der Waals surface area contributed by atoms with Crippen molar-refractivity contribution in [3.8, 4) is 11.4 Å². The second-order valence-electron chi connectivity index (χ2n) is 10.6. The lowest BCUT2D eigenvalue weighted by Crippen LogP contribution is -2.47. The van der Waals surface area contributed by atoms with Crippen LogP contribution in [0.4, 0.5) is 16.0 Å². The number of aromatic nitrogens is 4. The fraction of sp³-hybridized carbons (Fsp3) is 0.414. The lowest BCUT2D eigenvalue weighted by Gasteiger charge is -2.41. The molecule has 2 saturated heterocycles. The van der Waals surface area contributed by atoms with Crippen molar-refractivity contribution in [2.45, 2.75) is 51.2 Å². The van der Waals surface area contributed by atoms with Gasteiger partial charge >= 0.3 is 0 Å². The maximum atomic E-state index is 13.9. The average Bonchev–Trinajstić information content (AvgIpc) is 3.56. The molecule has 8 heteroatoms. The summed E-state index contributed by atoms with van der Waals surface area (Å²) >= 11 is 0. The maximum absolute atomic E-state index is 13.9. The molecule has 4 aromatic rings. The van der Waals surface area contributed by atoms with Gasteiger partial charge in [-0.05, 0) is 73.6 Å². The number of imidazole rings is 1. The number of nitrogens with zero attached hydrogens (tertiary/aromatic N) is 6. The van der Waals surface area contributed by atoms with Crippen LogP contribution in [0.2, 0.25) is 0 Å². The normalized spacial score (nSPS) is 19.8. The molecule has 3 aromatic heterocycles. The van der Waals surface area contributed by atoms with Gasteiger partial charge in [-0.3, -0.25) is 0 Å². The van der Waals surface area contributed by atoms with Crippen LogP contribution in [0.5, 0.6) is 0 Å². The molecule has 6 rings (SSSR count). The van der Waals surface area contributed by atoms with Crippen molar-refractivity contribution in [3.05, 3.63) is 72.2 Å². The lowest BCUT2D eigenvalue weighted by molar-refractivity contribution is -0.0262. The second-order valence-corrected chi connectivity index (χ2v) is 10.6. The van der Waals surface area contributed by atoms with Crippen molar-refractivity contribution < 1.29 is 9.50 Å². The predicted molar refractivity (Wildman–Crippen MR) is 143 cm³/mol. The Hall–Kier alpha value is -3.52. The van der Waals surface area contributed by atoms with Crippen molar-refractivity contribution in [3.63, 3.8) is 0 Å². The van der Waals surface area contributed by atoms with Crippen LogP contribution in [-0.2, 0) is 0 Å². The van der Waals surface area contributed by atoms with E-state index in [0.29, 0.717) is 0 Å². The van der Waals surface area contributed by atoms with Crippen molar-refractivity contribution in [1.82, 2.24) is 19.6 Å². The maximum Gasteiger partial charge on any atom is 0.154 e. The molecule has 1 N–H and O–H groups in total. The van der Waals surface area contributed by atoms with Crippen LogP contribution in [-0.4, -0.2) is 49.9 Å². The van der Waals surface area contributed by atoms with Gasteiger partial charge in [-0.2, -0.15) is 0 Å². The van der Waals surface area contributed by atoms with Crippen LogP contribution >= 0.6 is 0 Å². The van der Waals surface area contributed by atoms with Gasteiger partial charge in [0, 0.05) is 19.6 Å². The van der Waals surface area contributed by atoms with E-state index in [4.69, 9.17) is 10.1 Å². The number of fused-ring (bicyclic) bond motifs is 1. The Morgan fingerprint density at radius 1 is 1.00 bits per heavy atom. The van der Waals surface area contributed by atoms with Crippen LogP contribution in [0.3, 0.4) is 0 Å². The van der Waals surface area contributed by atoms with Gasteiger partial charge < -0.3 is 14.9 Å². The molecule has 2 aliphatic heterocycles. The summed E-state index contributed by atoms with van der Waals surface area (Å²) in [4.78, 5) is 14.0. The van der Waals surface area contributed by atoms with Gasteiger partial charge in [0.15, 0.2) is 5.65 Å². The smallest absolute Gasteiger partial charge is 0.154 e. The van der Waals surface area contributed by atoms with Gasteiger partial charge in [0.05, 0.1) is 23.5 Å². The van der Waals surface area contributed by atoms with Crippen molar-refractivity contribution >= 4 is 17.3 Å². The van der Waals surface area contributed by atoms with E-state index in [-0.39, 0.29) is 17.8 Å². The molecule has 0 bridgehead atoms. The van der Waals surface area contributed by atoms with Crippen molar-refractivity contribution in [2.75, 3.05) is 29.4 Å². The minimum atomic E-state index is -0.602. The zero-order valence-corrected chi connectivity index (χ0v) is 21.4. The zero-order valence-electron chi connectivity index (χ0n) is 21.4. The molecule has 37 heavy (non-hydrogen) atoms. The Morgan fingerprint density at radius 3 is 2.59 bits per heavy atom. The Labute approximate surface area is 216 Å². The SMILES string of the molecule is CC(C)C1(O)CCN(c2cccc(-c3cnc4ccc(N5CCCC5c5cccc(F)c5)nn34)n2)CC1. The van der Waals surface area contributed by atoms with Crippen molar-refractivity contribution in [1.29, 1.82) is 0 Å². The predicted octanol–water partition coefficient (Wildman–Crippen LogP) is 5.26. The number of hydrogen-bond acceptors (Lipinski definition) is 6. The topological polar surface area (TPSA) is 69.8 Å². The van der Waals surface area contributed by atoms with E-state index >= 15 is 0 Å². The van der Waals surface area contributed by atoms with Crippen molar-refractivity contribution in [2.24, 2.45) is 5.92 Å². The molecule has 0 saturated carbocycles. The summed E-state index contributed by atoms with van der Waals surface area (Å²) < 4.78 is 15.8. The van der Waals surface area contributed by atoms with Crippen LogP contribution < -0.4 is 9.80 Å². The van der Waals surface area contributed by atoms with E-state index in [9.17, 15) is 9.50 Å². The summed E-state index contributed by atoms with van der Waals surface area (Å²) in [5.41, 5.74) is 2.77. The first-order valence-electron chi connectivity index (χ1n) is 13.2. The Morgan fingerprint density at radius 2 is 1.81 bits per heavy atom. The molecule has 0 spiro atoms. The Kier molecular flexibility index (Phi) is 6.07. The zero-order chi connectivity index (χ0) is 25.6. The standard InChI is InChI=1S/C29H33FN6O/c1-20(2)29(37)13-16-34(17-14-29)27-10-4-8-23(32-27)25-19-31-26-11-12-28(33-36(25)26)35-15-5-9-24(35)21-6-3-7-22(30)18-21/h3-4,6-8,10-12,18-20,24,37H,5,9,13-17H2,1-2H3. The largest absolute Gasteiger partial charge is 0.389 e. The molecule has 1 unspecified atom stereocenters. The number of anilines is 2. The molecule has 1 atom stereocenters. The molecule has 2 fully saturated rings. The first-order chi connectivity index (χ1) is 17.9. The van der Waals surface area contributed by atoms with Gasteiger partial charge in [0.2, 0.25) is 0 Å². The fourth-order valence-corrected chi connectivity index (χ4v) is 5.74. The second kappa shape index (κ2) is 9.41. The van der Waals surface area contributed by atoms with Gasteiger partial charge in [0.1, 0.15) is 23.1 Å². The van der Waals surface area contributed by atoms with E-state index in [1.165, 1.54) is 6.07 Å². The highest BCUT2D eigenvalue weighted by molar-refractivity contribution is 5.62. The molecule has 0 aliphatic carbocycles. The molecular weight excluding hydrogens is 467 g/mol. The summed E-state index contributed by atoms with van der Waals surface area (Å²) in [6.07, 6.45) is 5.28. The third kappa shape index (κ3) is 4.44. The van der Waals surface area contributed by atoms with Crippen LogP contribution in [0.15, 0.2) is 60.8 Å². The van der Waals surface area contributed by atoms with E-state index in [1.807, 2.05) is 47.1 Å². The third-order valence-electron chi connectivity index (χ3n) is 8.15. The Balaban J connectivity index is 1.29. The minimum Gasteiger partial charge on any atom is -0.389 e. The first-order valence-corrected chi connectivity index (χ1v) is 13.2. The number of benzene rings is 1. The third-order valence-corrected chi connectivity index (χ3v) is 8.15. The minimum absolute atomic E-state index is 0.0951. The van der Waals surface area contributed by atoms with E-state index < -0.39 is 5.60 Å². The quantitative estimate of drug-likeness (QED) is 0.403. The molecule has 192 valence electrons.